The molecule has 386 valence electrons. The van der Waals surface area contributed by atoms with Crippen molar-refractivity contribution in [1.29, 1.82) is 0 Å². The maximum Gasteiger partial charge on any atom is 0.255 e. The third-order valence-electron chi connectivity index (χ3n) is 10.9. The molecule has 0 bridgehead atoms. The fourth-order valence-electron chi connectivity index (χ4n) is 7.12. The van der Waals surface area contributed by atoms with Crippen LogP contribution in [0.2, 0.25) is 0 Å². The van der Waals surface area contributed by atoms with Gasteiger partial charge in [-0.2, -0.15) is 0 Å². The zero-order valence-electron chi connectivity index (χ0n) is 40.7. The zero-order chi connectivity index (χ0) is 52.9. The molecule has 0 saturated heterocycles. The van der Waals surface area contributed by atoms with Crippen LogP contribution in [0.25, 0.3) is 0 Å². The van der Waals surface area contributed by atoms with E-state index in [9.17, 15) is 38.4 Å². The molecule has 0 aromatic heterocycles. The van der Waals surface area contributed by atoms with Gasteiger partial charge in [0, 0.05) is 22.7 Å². The number of nitrogens with two attached hydrogens (primary N) is 4. The van der Waals surface area contributed by atoms with Gasteiger partial charge >= 0.3 is 0 Å². The van der Waals surface area contributed by atoms with Crippen LogP contribution in [0.5, 0.6) is 23.0 Å². The van der Waals surface area contributed by atoms with Gasteiger partial charge in [0.1, 0.15) is 41.1 Å². The Balaban J connectivity index is 1.52. The number of nitrogens with one attached hydrogen (secondary N) is 7. The van der Waals surface area contributed by atoms with Crippen LogP contribution in [0, 0.1) is 0 Å². The minimum absolute atomic E-state index is 0.0360. The molecular formula is C49H63N11O12. The van der Waals surface area contributed by atoms with Crippen molar-refractivity contribution in [2.75, 3.05) is 69.3 Å². The summed E-state index contributed by atoms with van der Waals surface area (Å²) in [6.45, 7) is 1.82. The van der Waals surface area contributed by atoms with E-state index in [1.54, 1.807) is 0 Å². The molecular weight excluding hydrogens is 935 g/mol. The van der Waals surface area contributed by atoms with Gasteiger partial charge in [-0.25, -0.2) is 0 Å². The molecule has 0 heterocycles. The molecule has 72 heavy (non-hydrogen) atoms. The second-order valence-electron chi connectivity index (χ2n) is 16.1. The van der Waals surface area contributed by atoms with Crippen molar-refractivity contribution in [3.63, 3.8) is 0 Å². The van der Waals surface area contributed by atoms with Crippen LogP contribution in [0.4, 0.5) is 22.7 Å². The van der Waals surface area contributed by atoms with Gasteiger partial charge in [-0.1, -0.05) is 0 Å². The Morgan fingerprint density at radius 3 is 1.14 bits per heavy atom. The third kappa shape index (κ3) is 15.9. The molecule has 15 N–H and O–H groups in total. The number of methoxy groups -OCH3 is 4. The number of carbonyl (C=O) groups is 8. The van der Waals surface area contributed by atoms with Crippen LogP contribution in [0.15, 0.2) is 72.8 Å². The van der Waals surface area contributed by atoms with Gasteiger partial charge in [-0.05, 0) is 131 Å². The van der Waals surface area contributed by atoms with E-state index < -0.39 is 65.4 Å². The number of hydrogen-bond acceptors (Lipinski definition) is 15. The lowest BCUT2D eigenvalue weighted by Gasteiger charge is -2.21. The highest BCUT2D eigenvalue weighted by Gasteiger charge is 2.28. The molecule has 8 amide bonds. The maximum absolute atomic E-state index is 14.1. The highest BCUT2D eigenvalue weighted by molar-refractivity contribution is 6.07. The second-order valence-corrected chi connectivity index (χ2v) is 16.1. The molecule has 0 unspecified atom stereocenters. The van der Waals surface area contributed by atoms with Crippen LogP contribution < -0.4 is 79.1 Å². The highest BCUT2D eigenvalue weighted by atomic mass is 16.5. The summed E-state index contributed by atoms with van der Waals surface area (Å²) in [5, 5.41) is 18.8. The molecule has 0 spiro atoms. The summed E-state index contributed by atoms with van der Waals surface area (Å²) < 4.78 is 21.4. The van der Waals surface area contributed by atoms with Gasteiger partial charge in [0.05, 0.1) is 57.2 Å². The van der Waals surface area contributed by atoms with Crippen molar-refractivity contribution in [2.24, 2.45) is 22.9 Å². The Bertz CT molecular complexity index is 2610. The number of rotatable bonds is 27. The monoisotopic (exact) mass is 997 g/mol. The fourth-order valence-corrected chi connectivity index (χ4v) is 7.12. The van der Waals surface area contributed by atoms with Crippen molar-refractivity contribution in [3.8, 4) is 23.0 Å². The van der Waals surface area contributed by atoms with Crippen LogP contribution in [-0.2, 0) is 19.2 Å². The molecule has 4 aromatic carbocycles. The quantitative estimate of drug-likeness (QED) is 0.0382. The Morgan fingerprint density at radius 2 is 0.792 bits per heavy atom. The molecule has 0 radical (unpaired) electrons. The largest absolute Gasteiger partial charge is 0.496 e. The van der Waals surface area contributed by atoms with Crippen molar-refractivity contribution < 1.29 is 57.3 Å². The number of benzene rings is 4. The van der Waals surface area contributed by atoms with Gasteiger partial charge < -0.3 is 79.1 Å². The Labute approximate surface area is 416 Å². The first-order chi connectivity index (χ1) is 34.5. The normalized spacial score (nSPS) is 11.9. The van der Waals surface area contributed by atoms with E-state index in [0.29, 0.717) is 38.8 Å². The highest BCUT2D eigenvalue weighted by Crippen LogP contribution is 2.27. The van der Waals surface area contributed by atoms with Crippen LogP contribution in [0.3, 0.4) is 0 Å². The third-order valence-corrected chi connectivity index (χ3v) is 10.9. The molecule has 0 aliphatic heterocycles. The van der Waals surface area contributed by atoms with Crippen molar-refractivity contribution in [1.82, 2.24) is 16.0 Å². The number of primary amides is 1. The average molecular weight is 998 g/mol. The zero-order valence-corrected chi connectivity index (χ0v) is 40.7. The van der Waals surface area contributed by atoms with Crippen LogP contribution >= 0.6 is 0 Å². The van der Waals surface area contributed by atoms with E-state index in [1.165, 1.54) is 108 Å². The smallest absolute Gasteiger partial charge is 0.255 e. The first kappa shape index (κ1) is 56.3. The SMILES string of the molecule is COc1ccc(NC(=O)[C@H](C)NC(=O)c2cc(NC(=O)[C@H](CCCCN)NC(=O)c3cc(NC(=O)[C@H](CCCCN)NC(=O)c4cc(NC(=O)CN)ccc4OC)ccc3OC)ccc2OC)cc1C(N)=O. The second kappa shape index (κ2) is 27.8. The predicted octanol–water partition coefficient (Wildman–Crippen LogP) is 2.21. The van der Waals surface area contributed by atoms with Crippen molar-refractivity contribution in [2.45, 2.75) is 63.6 Å². The predicted molar refractivity (Wildman–Crippen MR) is 269 cm³/mol. The van der Waals surface area contributed by atoms with Gasteiger partial charge in [0.2, 0.25) is 23.6 Å². The topological polar surface area (TPSA) is 362 Å². The van der Waals surface area contributed by atoms with E-state index in [-0.39, 0.29) is 87.4 Å². The molecule has 0 aliphatic rings. The summed E-state index contributed by atoms with van der Waals surface area (Å²) in [6, 6.07) is 13.9. The molecule has 4 aromatic rings. The molecule has 4 rings (SSSR count). The van der Waals surface area contributed by atoms with E-state index >= 15 is 0 Å². The minimum Gasteiger partial charge on any atom is -0.496 e. The summed E-state index contributed by atoms with van der Waals surface area (Å²) in [5.74, 6) is -4.66. The van der Waals surface area contributed by atoms with E-state index in [0.717, 1.165) is 0 Å². The van der Waals surface area contributed by atoms with Gasteiger partial charge in [0.25, 0.3) is 23.6 Å². The summed E-state index contributed by atoms with van der Waals surface area (Å²) in [4.78, 5) is 106. The van der Waals surface area contributed by atoms with Crippen LogP contribution in [0.1, 0.15) is 86.9 Å². The standard InChI is InChI=1S/C49H63N11O12/c1-27(44(63)56-29-13-16-38(69-2)32(22-29)43(53)62)54-45(64)33-24-30(14-18-39(33)70-3)57-48(67)37(11-7-9-21-51)60-47(66)35-25-31(15-19-41(35)72-5)58-49(68)36(10-6-8-20-50)59-46(65)34-23-28(55-42(61)26-52)12-17-40(34)71-4/h12-19,22-25,27,36-37H,6-11,20-21,26,50-52H2,1-5H3,(H2,53,62)(H,54,64)(H,55,61)(H,56,63)(H,57,67)(H,58,68)(H,59,65)(H,60,66)/t27-,36-,37-/m0/s1. The Kier molecular flexibility index (Phi) is 21.7. The van der Waals surface area contributed by atoms with Gasteiger partial charge in [-0.15, -0.1) is 0 Å². The summed E-state index contributed by atoms with van der Waals surface area (Å²) >= 11 is 0. The first-order valence-corrected chi connectivity index (χ1v) is 22.8. The van der Waals surface area contributed by atoms with Crippen molar-refractivity contribution >= 4 is 70.0 Å². The van der Waals surface area contributed by atoms with E-state index in [2.05, 4.69) is 37.2 Å². The lowest BCUT2D eigenvalue weighted by Crippen LogP contribution is -2.44. The van der Waals surface area contributed by atoms with Crippen LogP contribution in [-0.4, -0.2) is 113 Å². The van der Waals surface area contributed by atoms with E-state index in [1.807, 2.05) is 0 Å². The molecule has 3 atom stereocenters. The lowest BCUT2D eigenvalue weighted by atomic mass is 10.1. The number of unbranched alkanes of at least 4 members (excludes halogenated alkanes) is 2. The minimum atomic E-state index is -1.15. The summed E-state index contributed by atoms with van der Waals surface area (Å²) in [5.41, 5.74) is 23.2. The Morgan fingerprint density at radius 1 is 0.458 bits per heavy atom. The average Bonchev–Trinajstić information content (AvgIpc) is 3.37. The lowest BCUT2D eigenvalue weighted by molar-refractivity contribution is -0.118. The number of carbonyl (C=O) groups excluding carboxylic acids is 8. The molecule has 23 nitrogen and oxygen atoms in total. The number of amides is 8. The van der Waals surface area contributed by atoms with E-state index in [4.69, 9.17) is 41.9 Å². The molecule has 0 aliphatic carbocycles. The Hall–Kier alpha value is -8.28. The first-order valence-electron chi connectivity index (χ1n) is 22.8. The fraction of sp³-hybridized carbons (Fsp3) is 0.347. The molecule has 0 saturated carbocycles. The number of ether oxygens (including phenoxy) is 4. The van der Waals surface area contributed by atoms with Gasteiger partial charge in [-0.3, -0.25) is 38.4 Å². The summed E-state index contributed by atoms with van der Waals surface area (Å²) in [6.07, 6.45) is 2.33. The number of anilines is 4. The van der Waals surface area contributed by atoms with Crippen molar-refractivity contribution in [3.05, 3.63) is 95.1 Å². The molecule has 0 fully saturated rings. The summed E-state index contributed by atoms with van der Waals surface area (Å²) in [7, 11) is 5.41. The molecule has 23 heteroatoms. The number of hydrogen-bond donors (Lipinski definition) is 11. The maximum atomic E-state index is 14.1. The van der Waals surface area contributed by atoms with Gasteiger partial charge in [0.15, 0.2) is 0 Å².